The second-order valence-electron chi connectivity index (χ2n) is 28.9. The van der Waals surface area contributed by atoms with Gasteiger partial charge in [-0.25, -0.2) is 24.5 Å². The number of fused-ring (bicyclic) bond motifs is 9. The third kappa shape index (κ3) is 14.8. The summed E-state index contributed by atoms with van der Waals surface area (Å²) >= 11 is 0. The monoisotopic (exact) mass is 1370 g/mol. The summed E-state index contributed by atoms with van der Waals surface area (Å²) in [5, 5.41) is 13.1. The largest absolute Gasteiger partial charge is 0.483 e. The van der Waals surface area contributed by atoms with E-state index in [1.807, 2.05) is 33.6 Å². The lowest BCUT2D eigenvalue weighted by Gasteiger charge is -2.55. The first-order valence-corrected chi connectivity index (χ1v) is 36.7. The summed E-state index contributed by atoms with van der Waals surface area (Å²) in [4.78, 5) is 73.3. The van der Waals surface area contributed by atoms with Crippen molar-refractivity contribution in [1.82, 2.24) is 43.3 Å². The highest BCUT2D eigenvalue weighted by molar-refractivity contribution is 5.97. The molecule has 3 atom stereocenters. The fraction of sp³-hybridized carbons (Fsp3) is 0.532. The van der Waals surface area contributed by atoms with Gasteiger partial charge in [0.15, 0.2) is 11.7 Å². The molecule has 6 aliphatic heterocycles. The summed E-state index contributed by atoms with van der Waals surface area (Å²) in [7, 11) is 4.53. The SMILES string of the molecule is C=C(OC)N1c2ccc3c(nc(CCn4cccn4)n3CC(=O)CCC#N)c2CC[C@@H]1C.COC(=O)N1c2ccc3c(nc(CCC4CCOCC4)n3C3CCC(C(C)=O)CC3)c2CC[C@@H]1C.COC(=O)N1c2ccc3c(nc(Cc4ccccc4)n3CCN3CC4(CCO4)C3)c2CC[C@@H]1C. The Labute approximate surface area is 592 Å². The van der Waals surface area contributed by atoms with Crippen molar-refractivity contribution < 1.29 is 42.9 Å². The molecular formula is C79H99N13O9. The van der Waals surface area contributed by atoms with Crippen molar-refractivity contribution in [2.45, 2.75) is 199 Å². The van der Waals surface area contributed by atoms with Gasteiger partial charge in [0.2, 0.25) is 0 Å². The van der Waals surface area contributed by atoms with Crippen LogP contribution in [0.2, 0.25) is 0 Å². The molecule has 15 rings (SSSR count). The highest BCUT2D eigenvalue weighted by atomic mass is 16.5. The Morgan fingerprint density at radius 1 is 0.634 bits per heavy atom. The summed E-state index contributed by atoms with van der Waals surface area (Å²) in [6, 6.07) is 27.9. The van der Waals surface area contributed by atoms with E-state index in [1.165, 1.54) is 31.7 Å². The van der Waals surface area contributed by atoms with Crippen LogP contribution in [-0.2, 0) is 91.4 Å². The Balaban J connectivity index is 0.000000136. The average molecular weight is 1370 g/mol. The minimum Gasteiger partial charge on any atom is -0.483 e. The first-order valence-electron chi connectivity index (χ1n) is 36.7. The molecule has 2 amide bonds. The number of methoxy groups -OCH3 is 3. The number of likely N-dealkylation sites (tertiary alicyclic amines) is 1. The molecule has 22 nitrogen and oxygen atoms in total. The fourth-order valence-corrected chi connectivity index (χ4v) is 16.8. The van der Waals surface area contributed by atoms with Crippen LogP contribution in [-0.4, -0.2) is 152 Å². The van der Waals surface area contributed by atoms with E-state index < -0.39 is 0 Å². The standard InChI is InChI=1S/C28H39N3O4.C27H32N4O3.C24H28N6O2/c1-18-4-10-23-24(30(18)28(33)34-3)11-12-25-27(23)29-26(13-5-20-14-16-35-17-15-20)31(25)22-8-6-21(7-9-22)19(2)32;1-19-8-9-21-22(31(19)26(32)33-2)10-11-23-25(21)28-24(16-20-6-4-3-5-7-20)30(23)14-13-29-17-27(18-29)12-15-34-27;1-17-7-8-20-21(30(17)18(2)32-3)9-10-22-24(20)27-23(11-15-28-14-5-13-26-28)29(22)16-19(31)6-4-12-25/h11-12,18,20-22H,4-10,13-17H2,1-3H3;3-7,10-11,19H,8-9,12-18H2,1-2H3;5,9-10,13-14,17H,2,4,6-8,11,15-16H2,1,3H3/t18-,21?,22?;19-;17-/m000/s1. The summed E-state index contributed by atoms with van der Waals surface area (Å²) in [5.41, 5.74) is 14.1. The average Bonchev–Trinajstić information content (AvgIpc) is 1.40. The van der Waals surface area contributed by atoms with E-state index in [0.29, 0.717) is 36.6 Å². The van der Waals surface area contributed by atoms with E-state index in [2.05, 4.69) is 112 Å². The number of Topliss-reactive ketones (excluding diaryl/α,β-unsaturated/α-hetero) is 2. The lowest BCUT2D eigenvalue weighted by molar-refractivity contribution is -0.221. The van der Waals surface area contributed by atoms with Crippen LogP contribution in [0.3, 0.4) is 0 Å². The first kappa shape index (κ1) is 70.5. The number of ether oxygens (including phenoxy) is 5. The third-order valence-corrected chi connectivity index (χ3v) is 22.5. The molecule has 1 saturated carbocycles. The molecule has 7 aliphatic rings. The number of amides is 2. The van der Waals surface area contributed by atoms with Gasteiger partial charge in [-0.15, -0.1) is 0 Å². The van der Waals surface area contributed by atoms with Crippen molar-refractivity contribution in [2.75, 3.05) is 75.5 Å². The van der Waals surface area contributed by atoms with Crippen LogP contribution in [0.4, 0.5) is 26.7 Å². The second-order valence-corrected chi connectivity index (χ2v) is 28.9. The minimum absolute atomic E-state index is 0.0342. The van der Waals surface area contributed by atoms with Crippen LogP contribution in [0.5, 0.6) is 0 Å². The predicted molar refractivity (Wildman–Crippen MR) is 389 cm³/mol. The molecule has 534 valence electrons. The Bertz CT molecular complexity index is 4330. The molecule has 4 fully saturated rings. The van der Waals surface area contributed by atoms with Crippen LogP contribution in [0, 0.1) is 23.2 Å². The molecule has 22 heteroatoms. The second kappa shape index (κ2) is 31.1. The number of rotatable bonds is 19. The lowest BCUT2D eigenvalue weighted by atomic mass is 9.83. The Hall–Kier alpha value is -8.91. The van der Waals surface area contributed by atoms with E-state index >= 15 is 0 Å². The molecule has 101 heavy (non-hydrogen) atoms. The number of imidazole rings is 3. The predicted octanol–water partition coefficient (Wildman–Crippen LogP) is 13.2. The van der Waals surface area contributed by atoms with E-state index in [9.17, 15) is 19.2 Å². The molecule has 4 aromatic carbocycles. The van der Waals surface area contributed by atoms with Crippen molar-refractivity contribution in [1.29, 1.82) is 5.26 Å². The smallest absolute Gasteiger partial charge is 0.414 e. The molecule has 1 aliphatic carbocycles. The maximum absolute atomic E-state index is 12.6. The first-order chi connectivity index (χ1) is 49.1. The highest BCUT2D eigenvalue weighted by Crippen LogP contribution is 2.44. The molecule has 1 spiro atoms. The number of nitrogens with zero attached hydrogens (tertiary/aromatic N) is 13. The summed E-state index contributed by atoms with van der Waals surface area (Å²) in [5.74, 6) is 4.96. The zero-order valence-electron chi connectivity index (χ0n) is 60.0. The number of benzene rings is 4. The molecule has 8 aromatic rings. The van der Waals surface area contributed by atoms with Crippen LogP contribution >= 0.6 is 0 Å². The number of ketones is 2. The lowest BCUT2D eigenvalue weighted by Crippen LogP contribution is -2.68. The number of hydrogen-bond acceptors (Lipinski definition) is 16. The normalized spacial score (nSPS) is 20.9. The van der Waals surface area contributed by atoms with E-state index in [0.717, 1.165) is 221 Å². The maximum atomic E-state index is 12.6. The number of aryl methyl sites for hydroxylation is 6. The van der Waals surface area contributed by atoms with Gasteiger partial charge in [0.25, 0.3) is 0 Å². The number of anilines is 3. The van der Waals surface area contributed by atoms with Crippen LogP contribution in [0.25, 0.3) is 33.1 Å². The van der Waals surface area contributed by atoms with Crippen LogP contribution in [0.15, 0.2) is 97.7 Å². The number of carbonyl (C=O) groups excluding carboxylic acids is 4. The van der Waals surface area contributed by atoms with Gasteiger partial charge >= 0.3 is 12.2 Å². The molecule has 4 aromatic heterocycles. The van der Waals surface area contributed by atoms with Crippen molar-refractivity contribution in [3.05, 3.63) is 137 Å². The van der Waals surface area contributed by atoms with E-state index in [1.54, 1.807) is 30.0 Å². The fourth-order valence-electron chi connectivity index (χ4n) is 16.8. The maximum Gasteiger partial charge on any atom is 0.414 e. The Kier molecular flexibility index (Phi) is 21.7. The number of carbonyl (C=O) groups is 4. The molecule has 0 unspecified atom stereocenters. The summed E-state index contributed by atoms with van der Waals surface area (Å²) in [6.07, 6.45) is 20.0. The van der Waals surface area contributed by atoms with Crippen LogP contribution in [0.1, 0.15) is 157 Å². The van der Waals surface area contributed by atoms with Gasteiger partial charge < -0.3 is 42.3 Å². The van der Waals surface area contributed by atoms with Crippen molar-refractivity contribution in [3.8, 4) is 6.07 Å². The van der Waals surface area contributed by atoms with Gasteiger partial charge in [-0.1, -0.05) is 30.3 Å². The number of hydrogen-bond donors (Lipinski definition) is 0. The molecule has 10 heterocycles. The summed E-state index contributed by atoms with van der Waals surface area (Å²) < 4.78 is 35.8. The number of aromatic nitrogens is 8. The van der Waals surface area contributed by atoms with Gasteiger partial charge in [0.05, 0.1) is 90.6 Å². The van der Waals surface area contributed by atoms with Crippen LogP contribution < -0.4 is 14.7 Å². The minimum atomic E-state index is -0.306. The van der Waals surface area contributed by atoms with E-state index in [4.69, 9.17) is 43.9 Å². The molecular weight excluding hydrogens is 1270 g/mol. The van der Waals surface area contributed by atoms with Crippen molar-refractivity contribution in [3.63, 3.8) is 0 Å². The van der Waals surface area contributed by atoms with Crippen molar-refractivity contribution >= 4 is 73.9 Å². The Morgan fingerprint density at radius 3 is 1.77 bits per heavy atom. The van der Waals surface area contributed by atoms with E-state index in [-0.39, 0.29) is 67.0 Å². The molecule has 3 saturated heterocycles. The topological polar surface area (TPSA) is 222 Å². The quantitative estimate of drug-likeness (QED) is 0.0687. The summed E-state index contributed by atoms with van der Waals surface area (Å²) in [6.45, 7) is 19.6. The van der Waals surface area contributed by atoms with Crippen molar-refractivity contribution in [2.24, 2.45) is 11.8 Å². The molecule has 0 radical (unpaired) electrons. The van der Waals surface area contributed by atoms with Gasteiger partial charge in [-0.3, -0.25) is 29.0 Å². The number of nitriles is 1. The molecule has 0 N–H and O–H groups in total. The van der Waals surface area contributed by atoms with Gasteiger partial charge in [-0.2, -0.15) is 10.4 Å². The zero-order valence-corrected chi connectivity index (χ0v) is 60.0. The van der Waals surface area contributed by atoms with Gasteiger partial charge in [0.1, 0.15) is 23.3 Å². The van der Waals surface area contributed by atoms with Gasteiger partial charge in [-0.05, 0) is 172 Å². The Morgan fingerprint density at radius 2 is 1.21 bits per heavy atom. The molecule has 0 bridgehead atoms. The van der Waals surface area contributed by atoms with Gasteiger partial charge in [0, 0.05) is 149 Å². The highest BCUT2D eigenvalue weighted by Gasteiger charge is 2.49. The third-order valence-electron chi connectivity index (χ3n) is 22.5. The zero-order chi connectivity index (χ0) is 70.5.